The molecule has 0 spiro atoms. The summed E-state index contributed by atoms with van der Waals surface area (Å²) in [5.74, 6) is 0. The molecule has 0 fully saturated rings. The summed E-state index contributed by atoms with van der Waals surface area (Å²) in [7, 11) is 0. The zero-order valence-corrected chi connectivity index (χ0v) is 9.62. The molecule has 5 heteroatoms. The molecule has 0 saturated carbocycles. The number of hydrogen-bond donors (Lipinski definition) is 0. The second kappa shape index (κ2) is 4.22. The Kier molecular flexibility index (Phi) is 3.47. The molecule has 0 aliphatic heterocycles. The van der Waals surface area contributed by atoms with Gasteiger partial charge in [-0.05, 0) is 27.5 Å². The van der Waals surface area contributed by atoms with Crippen LogP contribution in [0, 0.1) is 0 Å². The zero-order valence-electron chi connectivity index (χ0n) is 6.52. The molecule has 0 N–H and O–H groups in total. The van der Waals surface area contributed by atoms with Crippen LogP contribution in [0.4, 0.5) is 0 Å². The minimum Gasteiger partial charge on any atom is -0.217 e. The van der Waals surface area contributed by atoms with E-state index < -0.39 is 0 Å². The van der Waals surface area contributed by atoms with Gasteiger partial charge in [0.25, 0.3) is 0 Å². The van der Waals surface area contributed by atoms with Gasteiger partial charge in [0.1, 0.15) is 5.15 Å². The number of halogens is 3. The van der Waals surface area contributed by atoms with E-state index >= 15 is 0 Å². The van der Waals surface area contributed by atoms with Crippen LogP contribution in [0.3, 0.4) is 0 Å². The molecule has 0 amide bonds. The third-order valence-corrected chi connectivity index (χ3v) is 2.17. The zero-order chi connectivity index (χ0) is 10.0. The van der Waals surface area contributed by atoms with E-state index in [1.807, 2.05) is 0 Å². The number of nitrogens with zero attached hydrogens (tertiary/aromatic N) is 2. The maximum absolute atomic E-state index is 5.81. The molecular weight excluding hydrogens is 275 g/mol. The Morgan fingerprint density at radius 1 is 1.38 bits per heavy atom. The van der Waals surface area contributed by atoms with Crippen molar-refractivity contribution in [3.8, 4) is 0 Å². The van der Waals surface area contributed by atoms with E-state index in [2.05, 4.69) is 39.1 Å². The van der Waals surface area contributed by atoms with Crippen LogP contribution in [0.15, 0.2) is 13.2 Å². The summed E-state index contributed by atoms with van der Waals surface area (Å²) in [5, 5.41) is 0.358. The van der Waals surface area contributed by atoms with Gasteiger partial charge in [0.15, 0.2) is 0 Å². The monoisotopic (exact) mass is 278 g/mol. The van der Waals surface area contributed by atoms with Crippen molar-refractivity contribution in [1.82, 2.24) is 9.97 Å². The van der Waals surface area contributed by atoms with Crippen LogP contribution in [0.25, 0.3) is 10.6 Å². The molecule has 68 valence electrons. The summed E-state index contributed by atoms with van der Waals surface area (Å²) >= 11 is 14.6. The first kappa shape index (κ1) is 10.7. The molecule has 0 atom stereocenters. The molecule has 0 saturated heterocycles. The predicted molar refractivity (Wildman–Crippen MR) is 60.1 cm³/mol. The summed E-state index contributed by atoms with van der Waals surface area (Å²) in [6, 6.07) is 0. The van der Waals surface area contributed by atoms with Crippen molar-refractivity contribution in [3.05, 3.63) is 34.9 Å². The van der Waals surface area contributed by atoms with Crippen molar-refractivity contribution in [2.45, 2.75) is 0 Å². The highest BCUT2D eigenvalue weighted by molar-refractivity contribution is 9.15. The van der Waals surface area contributed by atoms with Crippen LogP contribution >= 0.6 is 39.1 Å². The van der Waals surface area contributed by atoms with Gasteiger partial charge >= 0.3 is 0 Å². The lowest BCUT2D eigenvalue weighted by molar-refractivity contribution is 1.14. The molecule has 0 aliphatic rings. The minimum atomic E-state index is 0.0891. The van der Waals surface area contributed by atoms with E-state index in [0.29, 0.717) is 15.7 Å². The molecule has 1 heterocycles. The molecule has 13 heavy (non-hydrogen) atoms. The highest BCUT2D eigenvalue weighted by Crippen LogP contribution is 2.27. The standard InChI is InChI=1S/C8H5BrCl2N2/c1-3-5-6(4(2)9)12-8(11)13-7(5)10/h3H,1-2H2. The van der Waals surface area contributed by atoms with Crippen LogP contribution < -0.4 is 0 Å². The Balaban J connectivity index is 3.46. The normalized spacial score (nSPS) is 9.77. The van der Waals surface area contributed by atoms with Crippen molar-refractivity contribution in [2.24, 2.45) is 0 Å². The first-order valence-corrected chi connectivity index (χ1v) is 4.81. The first-order chi connectivity index (χ1) is 6.06. The quantitative estimate of drug-likeness (QED) is 0.608. The summed E-state index contributed by atoms with van der Waals surface area (Å²) < 4.78 is 0.591. The van der Waals surface area contributed by atoms with E-state index in [1.165, 1.54) is 0 Å². The van der Waals surface area contributed by atoms with Gasteiger partial charge < -0.3 is 0 Å². The fraction of sp³-hybridized carbons (Fsp3) is 0. The van der Waals surface area contributed by atoms with Gasteiger partial charge in [0, 0.05) is 10.0 Å². The Bertz CT molecular complexity index is 377. The summed E-state index contributed by atoms with van der Waals surface area (Å²) in [6.07, 6.45) is 1.56. The van der Waals surface area contributed by atoms with Gasteiger partial charge in [-0.25, -0.2) is 9.97 Å². The maximum Gasteiger partial charge on any atom is 0.224 e. The van der Waals surface area contributed by atoms with Crippen LogP contribution in [0.5, 0.6) is 0 Å². The van der Waals surface area contributed by atoms with E-state index in [9.17, 15) is 0 Å². The van der Waals surface area contributed by atoms with Crippen molar-refractivity contribution in [2.75, 3.05) is 0 Å². The van der Waals surface area contributed by atoms with E-state index in [0.717, 1.165) is 0 Å². The van der Waals surface area contributed by atoms with Crippen molar-refractivity contribution in [1.29, 1.82) is 0 Å². The van der Waals surface area contributed by atoms with Gasteiger partial charge in [0.05, 0.1) is 5.69 Å². The van der Waals surface area contributed by atoms with E-state index in [4.69, 9.17) is 23.2 Å². The Morgan fingerprint density at radius 3 is 2.46 bits per heavy atom. The number of rotatable bonds is 2. The summed E-state index contributed by atoms with van der Waals surface area (Å²) in [6.45, 7) is 7.27. The van der Waals surface area contributed by atoms with Crippen LogP contribution in [0.2, 0.25) is 10.4 Å². The van der Waals surface area contributed by atoms with Crippen molar-refractivity contribution >= 4 is 49.7 Å². The smallest absolute Gasteiger partial charge is 0.217 e. The molecule has 0 bridgehead atoms. The molecule has 1 aromatic rings. The molecule has 1 aromatic heterocycles. The summed E-state index contributed by atoms with van der Waals surface area (Å²) in [5.41, 5.74) is 1.17. The van der Waals surface area contributed by atoms with E-state index in [1.54, 1.807) is 6.08 Å². The second-order valence-electron chi connectivity index (χ2n) is 2.15. The van der Waals surface area contributed by atoms with Gasteiger partial charge in [-0.3, -0.25) is 0 Å². The molecule has 1 rings (SSSR count). The first-order valence-electron chi connectivity index (χ1n) is 3.26. The Labute approximate surface area is 94.4 Å². The van der Waals surface area contributed by atoms with Crippen LogP contribution in [-0.4, -0.2) is 9.97 Å². The third kappa shape index (κ3) is 2.30. The highest BCUT2D eigenvalue weighted by atomic mass is 79.9. The lowest BCUT2D eigenvalue weighted by Gasteiger charge is -2.04. The molecule has 0 aromatic carbocycles. The fourth-order valence-corrected chi connectivity index (χ4v) is 1.57. The third-order valence-electron chi connectivity index (χ3n) is 1.33. The Hall–Kier alpha value is -0.380. The van der Waals surface area contributed by atoms with Crippen molar-refractivity contribution in [3.63, 3.8) is 0 Å². The maximum atomic E-state index is 5.81. The van der Waals surface area contributed by atoms with Crippen molar-refractivity contribution < 1.29 is 0 Å². The predicted octanol–water partition coefficient (Wildman–Crippen LogP) is 3.79. The van der Waals surface area contributed by atoms with Gasteiger partial charge in [-0.2, -0.15) is 0 Å². The van der Waals surface area contributed by atoms with Gasteiger partial charge in [0.2, 0.25) is 5.28 Å². The molecule has 0 radical (unpaired) electrons. The average molecular weight is 280 g/mol. The fourth-order valence-electron chi connectivity index (χ4n) is 0.804. The average Bonchev–Trinajstić information content (AvgIpc) is 2.02. The largest absolute Gasteiger partial charge is 0.224 e. The van der Waals surface area contributed by atoms with E-state index in [-0.39, 0.29) is 10.4 Å². The lowest BCUT2D eigenvalue weighted by atomic mass is 10.2. The highest BCUT2D eigenvalue weighted by Gasteiger charge is 2.10. The van der Waals surface area contributed by atoms with Crippen LogP contribution in [-0.2, 0) is 0 Å². The number of aromatic nitrogens is 2. The van der Waals surface area contributed by atoms with Gasteiger partial charge in [-0.15, -0.1) is 0 Å². The molecule has 0 aliphatic carbocycles. The topological polar surface area (TPSA) is 25.8 Å². The Morgan fingerprint density at radius 2 is 2.00 bits per heavy atom. The SMILES string of the molecule is C=Cc1c(Cl)nc(Cl)nc1C(=C)Br. The van der Waals surface area contributed by atoms with Crippen LogP contribution in [0.1, 0.15) is 11.3 Å². The molecule has 2 nitrogen and oxygen atoms in total. The molecule has 0 unspecified atom stereocenters. The molecular formula is C8H5BrCl2N2. The lowest BCUT2D eigenvalue weighted by Crippen LogP contribution is -1.94. The second-order valence-corrected chi connectivity index (χ2v) is 3.81. The van der Waals surface area contributed by atoms with Gasteiger partial charge in [-0.1, -0.05) is 30.8 Å². The number of hydrogen-bond acceptors (Lipinski definition) is 2. The summed E-state index contributed by atoms with van der Waals surface area (Å²) in [4.78, 5) is 7.73. The minimum absolute atomic E-state index is 0.0891.